The highest BCUT2D eigenvalue weighted by Gasteiger charge is 2.37. The molecule has 0 spiro atoms. The van der Waals surface area contributed by atoms with Crippen molar-refractivity contribution in [2.45, 2.75) is 31.3 Å². The highest BCUT2D eigenvalue weighted by Crippen LogP contribution is 2.44. The Labute approximate surface area is 223 Å². The van der Waals surface area contributed by atoms with E-state index in [0.29, 0.717) is 29.8 Å². The highest BCUT2D eigenvalue weighted by molar-refractivity contribution is 5.87. The van der Waals surface area contributed by atoms with Gasteiger partial charge in [0.2, 0.25) is 0 Å². The Bertz CT molecular complexity index is 1660. The van der Waals surface area contributed by atoms with Crippen LogP contribution in [0.15, 0.2) is 66.9 Å². The van der Waals surface area contributed by atoms with Crippen molar-refractivity contribution in [3.63, 3.8) is 0 Å². The maximum atomic E-state index is 13.4. The Morgan fingerprint density at radius 2 is 1.69 bits per heavy atom. The number of hydrogen-bond acceptors (Lipinski definition) is 4. The van der Waals surface area contributed by atoms with E-state index in [1.54, 1.807) is 26.5 Å². The molecule has 2 unspecified atom stereocenters. The van der Waals surface area contributed by atoms with Crippen LogP contribution in [0.25, 0.3) is 21.8 Å². The topological polar surface area (TPSA) is 73.5 Å². The average molecular weight is 536 g/mol. The largest absolute Gasteiger partial charge is 0.497 e. The second-order valence-corrected chi connectivity index (χ2v) is 9.89. The minimum Gasteiger partial charge on any atom is -0.497 e. The van der Waals surface area contributed by atoms with Crippen molar-refractivity contribution in [3.8, 4) is 11.5 Å². The van der Waals surface area contributed by atoms with Gasteiger partial charge in [-0.1, -0.05) is 18.2 Å². The predicted molar refractivity (Wildman–Crippen MR) is 143 cm³/mol. The van der Waals surface area contributed by atoms with Crippen molar-refractivity contribution in [1.82, 2.24) is 14.9 Å². The molecule has 3 N–H and O–H groups in total. The molecule has 39 heavy (non-hydrogen) atoms. The fraction of sp³-hybridized carbons (Fsp3) is 0.267. The van der Waals surface area contributed by atoms with Gasteiger partial charge in [-0.3, -0.25) is 4.90 Å². The molecule has 0 saturated heterocycles. The van der Waals surface area contributed by atoms with Crippen LogP contribution in [0, 0.1) is 0 Å². The molecule has 0 radical (unpaired) electrons. The number of aromatic nitrogens is 2. The number of aliphatic hydroxyl groups excluding tert-OH is 1. The summed E-state index contributed by atoms with van der Waals surface area (Å²) in [5, 5.41) is 13.8. The molecule has 2 aromatic heterocycles. The first-order valence-electron chi connectivity index (χ1n) is 12.7. The third-order valence-electron chi connectivity index (χ3n) is 7.66. The Morgan fingerprint density at radius 1 is 0.974 bits per heavy atom. The number of alkyl halides is 3. The summed E-state index contributed by atoms with van der Waals surface area (Å²) in [6.07, 6.45) is -2.95. The van der Waals surface area contributed by atoms with Gasteiger partial charge in [-0.05, 0) is 60.0 Å². The van der Waals surface area contributed by atoms with Crippen LogP contribution in [-0.4, -0.2) is 40.7 Å². The molecule has 0 aliphatic carbocycles. The lowest BCUT2D eigenvalue weighted by molar-refractivity contribution is -0.137. The number of ether oxygens (including phenoxy) is 2. The van der Waals surface area contributed by atoms with E-state index in [1.807, 2.05) is 41.3 Å². The van der Waals surface area contributed by atoms with Crippen molar-refractivity contribution in [2.75, 3.05) is 20.8 Å². The van der Waals surface area contributed by atoms with Gasteiger partial charge in [0.15, 0.2) is 0 Å². The molecule has 3 heterocycles. The van der Waals surface area contributed by atoms with E-state index in [9.17, 15) is 18.3 Å². The summed E-state index contributed by atoms with van der Waals surface area (Å²) in [4.78, 5) is 8.79. The first-order chi connectivity index (χ1) is 18.8. The number of benzene rings is 3. The number of nitrogens with one attached hydrogen (secondary N) is 2. The lowest BCUT2D eigenvalue weighted by Crippen LogP contribution is -2.38. The second kappa shape index (κ2) is 9.66. The summed E-state index contributed by atoms with van der Waals surface area (Å²) in [6, 6.07) is 16.3. The minimum atomic E-state index is -4.43. The summed E-state index contributed by atoms with van der Waals surface area (Å²) in [6.45, 7) is 0.802. The predicted octanol–water partition coefficient (Wildman–Crippen LogP) is 6.52. The van der Waals surface area contributed by atoms with E-state index < -0.39 is 23.9 Å². The van der Waals surface area contributed by atoms with E-state index in [0.717, 1.165) is 44.9 Å². The zero-order valence-corrected chi connectivity index (χ0v) is 21.5. The third-order valence-corrected chi connectivity index (χ3v) is 7.66. The summed E-state index contributed by atoms with van der Waals surface area (Å²) in [7, 11) is 3.21. The quantitative estimate of drug-likeness (QED) is 0.232. The van der Waals surface area contributed by atoms with E-state index in [-0.39, 0.29) is 6.54 Å². The Balaban J connectivity index is 1.46. The molecule has 2 atom stereocenters. The zero-order chi connectivity index (χ0) is 27.3. The van der Waals surface area contributed by atoms with Gasteiger partial charge in [-0.25, -0.2) is 0 Å². The number of aliphatic hydroxyl groups is 1. The van der Waals surface area contributed by atoms with Crippen molar-refractivity contribution in [2.24, 2.45) is 0 Å². The summed E-state index contributed by atoms with van der Waals surface area (Å²) in [5.74, 6) is 1.40. The van der Waals surface area contributed by atoms with E-state index >= 15 is 0 Å². The van der Waals surface area contributed by atoms with Crippen LogP contribution >= 0.6 is 0 Å². The van der Waals surface area contributed by atoms with Crippen LogP contribution in [0.2, 0.25) is 0 Å². The molecule has 6 rings (SSSR count). The average Bonchev–Trinajstić information content (AvgIpc) is 3.52. The van der Waals surface area contributed by atoms with E-state index in [2.05, 4.69) is 9.97 Å². The minimum absolute atomic E-state index is 0.245. The summed E-state index contributed by atoms with van der Waals surface area (Å²) >= 11 is 0. The molecule has 1 aliphatic heterocycles. The monoisotopic (exact) mass is 535 g/mol. The highest BCUT2D eigenvalue weighted by atomic mass is 19.4. The van der Waals surface area contributed by atoms with Crippen LogP contribution in [-0.2, 0) is 19.1 Å². The summed E-state index contributed by atoms with van der Waals surface area (Å²) in [5.41, 5.74) is 4.23. The number of aromatic amines is 2. The number of methoxy groups -OCH3 is 2. The number of rotatable bonds is 6. The Kier molecular flexibility index (Phi) is 6.28. The maximum absolute atomic E-state index is 13.4. The number of halogens is 3. The number of nitrogens with zero attached hydrogens (tertiary/aromatic N) is 1. The van der Waals surface area contributed by atoms with Crippen LogP contribution in [0.5, 0.6) is 11.5 Å². The van der Waals surface area contributed by atoms with Crippen LogP contribution in [0.4, 0.5) is 13.2 Å². The fourth-order valence-corrected chi connectivity index (χ4v) is 5.75. The smallest absolute Gasteiger partial charge is 0.416 e. The standard InChI is InChI=1S/C30H28F3N3O3/c1-38-19-6-8-25-23(14-19)24(15-34-25)29(37)28-27-21(22-13-20(39-2)7-9-26(22)35-27)10-11-36(28)16-17-4-3-5-18(12-17)30(31,32)33/h3-9,12-15,28-29,34-35,37H,10-11,16H2,1-2H3. The Morgan fingerprint density at radius 3 is 2.41 bits per heavy atom. The molecule has 0 bridgehead atoms. The molecule has 6 nitrogen and oxygen atoms in total. The van der Waals surface area contributed by atoms with Gasteiger partial charge in [-0.2, -0.15) is 13.2 Å². The first-order valence-corrected chi connectivity index (χ1v) is 12.7. The van der Waals surface area contributed by atoms with Gasteiger partial charge in [-0.15, -0.1) is 0 Å². The molecule has 0 fully saturated rings. The molecule has 0 saturated carbocycles. The van der Waals surface area contributed by atoms with Gasteiger partial charge in [0.25, 0.3) is 0 Å². The van der Waals surface area contributed by atoms with Gasteiger partial charge in [0.1, 0.15) is 17.6 Å². The van der Waals surface area contributed by atoms with E-state index in [4.69, 9.17) is 9.47 Å². The van der Waals surface area contributed by atoms with Crippen molar-refractivity contribution >= 4 is 21.8 Å². The number of fused-ring (bicyclic) bond motifs is 4. The molecule has 0 amide bonds. The summed E-state index contributed by atoms with van der Waals surface area (Å²) < 4.78 is 51.2. The van der Waals surface area contributed by atoms with Crippen molar-refractivity contribution in [1.29, 1.82) is 0 Å². The normalized spacial score (nSPS) is 16.9. The lowest BCUT2D eigenvalue weighted by Gasteiger charge is -2.38. The number of hydrogen-bond donors (Lipinski definition) is 3. The second-order valence-electron chi connectivity index (χ2n) is 9.89. The fourth-order valence-electron chi connectivity index (χ4n) is 5.75. The molecule has 1 aliphatic rings. The number of H-pyrrole nitrogens is 2. The molecule has 202 valence electrons. The molecular formula is C30H28F3N3O3. The zero-order valence-electron chi connectivity index (χ0n) is 21.5. The Hall–Kier alpha value is -3.95. The van der Waals surface area contributed by atoms with Gasteiger partial charge in [0, 0.05) is 52.3 Å². The third kappa shape index (κ3) is 4.51. The van der Waals surface area contributed by atoms with Gasteiger partial charge < -0.3 is 24.5 Å². The van der Waals surface area contributed by atoms with Crippen LogP contribution in [0.1, 0.15) is 40.1 Å². The SMILES string of the molecule is COc1ccc2[nH]cc(C(O)C3c4[nH]c5ccc(OC)cc5c4CCN3Cc3cccc(C(F)(F)F)c3)c2c1. The molecular weight excluding hydrogens is 507 g/mol. The van der Waals surface area contributed by atoms with E-state index in [1.165, 1.54) is 12.1 Å². The molecule has 5 aromatic rings. The maximum Gasteiger partial charge on any atom is 0.416 e. The molecule has 3 aromatic carbocycles. The first kappa shape index (κ1) is 25.3. The lowest BCUT2D eigenvalue weighted by atomic mass is 9.90. The van der Waals surface area contributed by atoms with Crippen LogP contribution in [0.3, 0.4) is 0 Å². The van der Waals surface area contributed by atoms with Crippen LogP contribution < -0.4 is 9.47 Å². The van der Waals surface area contributed by atoms with Crippen molar-refractivity contribution in [3.05, 3.63) is 94.8 Å². The van der Waals surface area contributed by atoms with Crippen molar-refractivity contribution < 1.29 is 27.8 Å². The van der Waals surface area contributed by atoms with Gasteiger partial charge in [0.05, 0.1) is 25.8 Å². The molecule has 9 heteroatoms. The van der Waals surface area contributed by atoms with Gasteiger partial charge >= 0.3 is 6.18 Å².